The van der Waals surface area contributed by atoms with Crippen molar-refractivity contribution < 1.29 is 19.1 Å². The van der Waals surface area contributed by atoms with Crippen molar-refractivity contribution in [2.45, 2.75) is 32.9 Å². The van der Waals surface area contributed by atoms with Gasteiger partial charge in [-0.25, -0.2) is 9.78 Å². The van der Waals surface area contributed by atoms with Crippen LogP contribution in [0.2, 0.25) is 5.02 Å². The molecule has 160 valence electrons. The molecule has 0 aliphatic carbocycles. The Kier molecular flexibility index (Phi) is 6.11. The highest BCUT2D eigenvalue weighted by Gasteiger charge is 2.20. The summed E-state index contributed by atoms with van der Waals surface area (Å²) in [6.07, 6.45) is 1.43. The van der Waals surface area contributed by atoms with E-state index in [1.54, 1.807) is 6.92 Å². The number of hydrogen-bond donors (Lipinski definition) is 1. The van der Waals surface area contributed by atoms with Crippen molar-refractivity contribution in [2.75, 3.05) is 6.61 Å². The lowest BCUT2D eigenvalue weighted by Crippen LogP contribution is -2.26. The number of carboxylic acid groups (broad SMARTS) is 1. The molecule has 0 saturated carbocycles. The molecule has 31 heavy (non-hydrogen) atoms. The van der Waals surface area contributed by atoms with Crippen molar-refractivity contribution in [2.24, 2.45) is 0 Å². The molecule has 1 N–H and O–H groups in total. The topological polar surface area (TPSA) is 77.5 Å². The Morgan fingerprint density at radius 1 is 1.26 bits per heavy atom. The van der Waals surface area contributed by atoms with Crippen molar-refractivity contribution >= 4 is 28.5 Å². The minimum atomic E-state index is -0.954. The number of aromatic nitrogens is 2. The number of ether oxygens (including phenoxy) is 1. The van der Waals surface area contributed by atoms with E-state index >= 15 is 0 Å². The van der Waals surface area contributed by atoms with Crippen LogP contribution in [0.25, 0.3) is 22.4 Å². The number of carbonyl (C=O) groups is 1. The third-order valence-corrected chi connectivity index (χ3v) is 5.47. The van der Waals surface area contributed by atoms with E-state index < -0.39 is 12.1 Å². The summed E-state index contributed by atoms with van der Waals surface area (Å²) < 4.78 is 13.4. The van der Waals surface area contributed by atoms with Crippen molar-refractivity contribution in [3.05, 3.63) is 76.8 Å². The molecular weight excluding hydrogens is 416 g/mol. The van der Waals surface area contributed by atoms with Crippen LogP contribution < -0.4 is 0 Å². The second kappa shape index (κ2) is 8.96. The maximum absolute atomic E-state index is 11.5. The first-order valence-corrected chi connectivity index (χ1v) is 10.5. The molecule has 0 bridgehead atoms. The van der Waals surface area contributed by atoms with Crippen LogP contribution in [0.4, 0.5) is 0 Å². The van der Waals surface area contributed by atoms with E-state index in [0.717, 1.165) is 33.5 Å². The maximum atomic E-state index is 11.5. The average molecular weight is 439 g/mol. The number of hydrogen-bond acceptors (Lipinski definition) is 4. The fraction of sp³-hybridized carbons (Fsp3) is 0.250. The van der Waals surface area contributed by atoms with Gasteiger partial charge in [-0.1, -0.05) is 29.8 Å². The molecule has 1 unspecified atom stereocenters. The van der Waals surface area contributed by atoms with Crippen molar-refractivity contribution in [1.29, 1.82) is 0 Å². The number of fused-ring (bicyclic) bond motifs is 1. The quantitative estimate of drug-likeness (QED) is 0.402. The highest BCUT2D eigenvalue weighted by molar-refractivity contribution is 6.30. The summed E-state index contributed by atoms with van der Waals surface area (Å²) in [5, 5.41) is 11.1. The standard InChI is InChI=1S/C24H23ClN2O4/c1-3-30-22(24(28)29)13-16-6-5-9-21-19(16)10-11-27(21)14-20-15(2)31-23(26-20)17-7-4-8-18(25)12-17/h4-12,22H,3,13-14H2,1-2H3,(H,28,29). The molecule has 0 fully saturated rings. The van der Waals surface area contributed by atoms with Crippen molar-refractivity contribution in [3.8, 4) is 11.5 Å². The van der Waals surface area contributed by atoms with Crippen LogP contribution >= 0.6 is 11.6 Å². The summed E-state index contributed by atoms with van der Waals surface area (Å²) >= 11 is 6.09. The molecular formula is C24H23ClN2O4. The lowest BCUT2D eigenvalue weighted by Gasteiger charge is -2.13. The van der Waals surface area contributed by atoms with E-state index in [-0.39, 0.29) is 0 Å². The third kappa shape index (κ3) is 4.50. The smallest absolute Gasteiger partial charge is 0.333 e. The molecule has 1 atom stereocenters. The first-order valence-electron chi connectivity index (χ1n) is 10.1. The monoisotopic (exact) mass is 438 g/mol. The van der Waals surface area contributed by atoms with E-state index in [2.05, 4.69) is 9.55 Å². The molecule has 2 heterocycles. The summed E-state index contributed by atoms with van der Waals surface area (Å²) in [6.45, 7) is 4.59. The van der Waals surface area contributed by atoms with Gasteiger partial charge in [-0.05, 0) is 49.7 Å². The molecule has 0 spiro atoms. The zero-order valence-corrected chi connectivity index (χ0v) is 18.1. The number of nitrogens with zero attached hydrogens (tertiary/aromatic N) is 2. The van der Waals surface area contributed by atoms with Crippen molar-refractivity contribution in [3.63, 3.8) is 0 Å². The SMILES string of the molecule is CCOC(Cc1cccc2c1ccn2Cc1nc(-c2cccc(Cl)c2)oc1C)C(=O)O. The minimum absolute atomic E-state index is 0.312. The van der Waals surface area contributed by atoms with Crippen LogP contribution in [0.3, 0.4) is 0 Å². The van der Waals surface area contributed by atoms with Crippen LogP contribution in [0, 0.1) is 6.92 Å². The van der Waals surface area contributed by atoms with Crippen LogP contribution in [0.1, 0.15) is 23.9 Å². The Hall–Kier alpha value is -3.09. The van der Waals surface area contributed by atoms with E-state index in [1.807, 2.05) is 61.7 Å². The molecule has 7 heteroatoms. The number of oxazole rings is 1. The molecule has 0 amide bonds. The van der Waals surface area contributed by atoms with Gasteiger partial charge in [-0.3, -0.25) is 0 Å². The first kappa shape index (κ1) is 21.2. The summed E-state index contributed by atoms with van der Waals surface area (Å²) in [4.78, 5) is 16.2. The van der Waals surface area contributed by atoms with Gasteiger partial charge in [0.2, 0.25) is 5.89 Å². The summed E-state index contributed by atoms with van der Waals surface area (Å²) in [7, 11) is 0. The lowest BCUT2D eigenvalue weighted by molar-refractivity contribution is -0.149. The average Bonchev–Trinajstić information content (AvgIpc) is 3.32. The predicted molar refractivity (Wildman–Crippen MR) is 119 cm³/mol. The minimum Gasteiger partial charge on any atom is -0.479 e. The molecule has 0 aliphatic rings. The van der Waals surface area contributed by atoms with Gasteiger partial charge in [0.25, 0.3) is 0 Å². The number of carboxylic acids is 1. The highest BCUT2D eigenvalue weighted by atomic mass is 35.5. The Morgan fingerprint density at radius 2 is 2.06 bits per heavy atom. The summed E-state index contributed by atoms with van der Waals surface area (Å²) in [5.74, 6) is 0.327. The Labute approximate surface area is 185 Å². The maximum Gasteiger partial charge on any atom is 0.333 e. The molecule has 4 aromatic rings. The molecule has 0 radical (unpaired) electrons. The van der Waals surface area contributed by atoms with Crippen LogP contribution in [0.5, 0.6) is 0 Å². The number of aliphatic carboxylic acids is 1. The zero-order chi connectivity index (χ0) is 22.0. The molecule has 4 rings (SSSR count). The molecule has 6 nitrogen and oxygen atoms in total. The highest BCUT2D eigenvalue weighted by Crippen LogP contribution is 2.27. The van der Waals surface area contributed by atoms with Gasteiger partial charge in [0.1, 0.15) is 11.5 Å². The van der Waals surface area contributed by atoms with Gasteiger partial charge < -0.3 is 18.8 Å². The van der Waals surface area contributed by atoms with Gasteiger partial charge in [0.15, 0.2) is 6.10 Å². The Morgan fingerprint density at radius 3 is 2.81 bits per heavy atom. The van der Waals surface area contributed by atoms with Gasteiger partial charge >= 0.3 is 5.97 Å². The normalized spacial score (nSPS) is 12.4. The van der Waals surface area contributed by atoms with Crippen LogP contribution in [-0.2, 0) is 22.5 Å². The van der Waals surface area contributed by atoms with E-state index in [0.29, 0.717) is 30.5 Å². The summed E-state index contributed by atoms with van der Waals surface area (Å²) in [5.41, 5.74) is 3.60. The van der Waals surface area contributed by atoms with Gasteiger partial charge in [-0.15, -0.1) is 0 Å². The van der Waals surface area contributed by atoms with Gasteiger partial charge in [0, 0.05) is 40.7 Å². The summed E-state index contributed by atoms with van der Waals surface area (Å²) in [6, 6.07) is 15.3. The van der Waals surface area contributed by atoms with Crippen LogP contribution in [0.15, 0.2) is 59.1 Å². The second-order valence-corrected chi connectivity index (χ2v) is 7.75. The van der Waals surface area contributed by atoms with E-state index in [1.165, 1.54) is 0 Å². The third-order valence-electron chi connectivity index (χ3n) is 5.24. The van der Waals surface area contributed by atoms with E-state index in [4.69, 9.17) is 20.8 Å². The molecule has 2 aromatic carbocycles. The molecule has 0 saturated heterocycles. The zero-order valence-electron chi connectivity index (χ0n) is 17.3. The Bertz CT molecular complexity index is 1230. The second-order valence-electron chi connectivity index (χ2n) is 7.31. The van der Waals surface area contributed by atoms with E-state index in [9.17, 15) is 9.90 Å². The molecule has 2 aromatic heterocycles. The predicted octanol–water partition coefficient (Wildman–Crippen LogP) is 5.34. The number of rotatable bonds is 8. The van der Waals surface area contributed by atoms with Crippen LogP contribution in [-0.4, -0.2) is 33.3 Å². The Balaban J connectivity index is 1.62. The van der Waals surface area contributed by atoms with Crippen molar-refractivity contribution in [1.82, 2.24) is 9.55 Å². The first-order chi connectivity index (χ1) is 15.0. The fourth-order valence-electron chi connectivity index (χ4n) is 3.70. The van der Waals surface area contributed by atoms with Gasteiger partial charge in [0.05, 0.1) is 6.54 Å². The lowest BCUT2D eigenvalue weighted by atomic mass is 10.0. The number of halogens is 1. The number of benzene rings is 2. The fourth-order valence-corrected chi connectivity index (χ4v) is 3.89. The largest absolute Gasteiger partial charge is 0.479 e. The van der Waals surface area contributed by atoms with Gasteiger partial charge in [-0.2, -0.15) is 0 Å². The number of aryl methyl sites for hydroxylation is 1. The molecule has 0 aliphatic heterocycles.